The molecule has 0 aliphatic carbocycles. The van der Waals surface area contributed by atoms with Crippen LogP contribution in [0, 0.1) is 17.8 Å². The maximum atomic E-state index is 11.4. The Morgan fingerprint density at radius 1 is 1.26 bits per heavy atom. The normalized spacial score (nSPS) is 9.74. The van der Waals surface area contributed by atoms with Gasteiger partial charge in [-0.2, -0.15) is 0 Å². The van der Waals surface area contributed by atoms with Crippen LogP contribution >= 0.6 is 0 Å². The van der Waals surface area contributed by atoms with Gasteiger partial charge >= 0.3 is 0 Å². The fraction of sp³-hybridized carbons (Fsp3) is 0.438. The Kier molecular flexibility index (Phi) is 5.95. The number of carbonyl (C=O) groups is 1. The summed E-state index contributed by atoms with van der Waals surface area (Å²) < 4.78 is 0. The molecule has 1 rings (SSSR count). The second-order valence-corrected chi connectivity index (χ2v) is 5.12. The molecule has 0 aromatic heterocycles. The van der Waals surface area contributed by atoms with Crippen molar-refractivity contribution >= 4 is 11.6 Å². The largest absolute Gasteiger partial charge is 0.378 e. The van der Waals surface area contributed by atoms with E-state index in [0.29, 0.717) is 18.9 Å². The highest BCUT2D eigenvalue weighted by Crippen LogP contribution is 2.11. The number of carbonyl (C=O) groups excluding carboxylic acids is 1. The average molecular weight is 258 g/mol. The van der Waals surface area contributed by atoms with Gasteiger partial charge in [-0.25, -0.2) is 0 Å². The Hall–Kier alpha value is -1.95. The van der Waals surface area contributed by atoms with Gasteiger partial charge in [-0.3, -0.25) is 4.79 Å². The van der Waals surface area contributed by atoms with Crippen LogP contribution in [0.5, 0.6) is 0 Å². The molecule has 1 aromatic carbocycles. The Bertz CT molecular complexity index is 464. The maximum Gasteiger partial charge on any atom is 0.221 e. The Morgan fingerprint density at radius 2 is 1.89 bits per heavy atom. The zero-order valence-corrected chi connectivity index (χ0v) is 12.2. The van der Waals surface area contributed by atoms with Crippen LogP contribution in [0.15, 0.2) is 24.3 Å². The summed E-state index contributed by atoms with van der Waals surface area (Å²) in [5.41, 5.74) is 2.11. The summed E-state index contributed by atoms with van der Waals surface area (Å²) in [6.45, 7) is 4.45. The Morgan fingerprint density at radius 3 is 2.42 bits per heavy atom. The third kappa shape index (κ3) is 5.96. The summed E-state index contributed by atoms with van der Waals surface area (Å²) in [6, 6.07) is 8.03. The molecule has 0 unspecified atom stereocenters. The van der Waals surface area contributed by atoms with Gasteiger partial charge in [0, 0.05) is 31.8 Å². The Labute approximate surface area is 116 Å². The molecule has 0 aliphatic heterocycles. The first-order valence-corrected chi connectivity index (χ1v) is 6.52. The minimum Gasteiger partial charge on any atom is -0.378 e. The molecule has 0 fully saturated rings. The van der Waals surface area contributed by atoms with Crippen LogP contribution in [0.25, 0.3) is 0 Å². The molecular formula is C16H22N2O. The number of hydrogen-bond acceptors (Lipinski definition) is 2. The van der Waals surface area contributed by atoms with E-state index >= 15 is 0 Å². The average Bonchev–Trinajstić information content (AvgIpc) is 2.34. The molecule has 0 saturated carbocycles. The van der Waals surface area contributed by atoms with Crippen molar-refractivity contribution in [2.45, 2.75) is 20.3 Å². The molecule has 0 heterocycles. The summed E-state index contributed by atoms with van der Waals surface area (Å²) >= 11 is 0. The standard InChI is InChI=1S/C16H22N2O/c1-13(2)12-16(19)17-11-5-6-14-7-9-15(10-8-14)18(3)4/h7-10,13H,11-12H2,1-4H3,(H,17,19). The number of benzene rings is 1. The molecule has 1 amide bonds. The SMILES string of the molecule is CC(C)CC(=O)NCC#Cc1ccc(N(C)C)cc1. The highest BCUT2D eigenvalue weighted by atomic mass is 16.1. The van der Waals surface area contributed by atoms with Crippen molar-refractivity contribution in [1.82, 2.24) is 5.32 Å². The first-order valence-electron chi connectivity index (χ1n) is 6.52. The van der Waals surface area contributed by atoms with Crippen LogP contribution in [-0.2, 0) is 4.79 Å². The topological polar surface area (TPSA) is 32.3 Å². The van der Waals surface area contributed by atoms with Gasteiger partial charge in [-0.15, -0.1) is 0 Å². The smallest absolute Gasteiger partial charge is 0.221 e. The molecule has 102 valence electrons. The fourth-order valence-electron chi connectivity index (χ4n) is 1.57. The number of rotatable bonds is 4. The van der Waals surface area contributed by atoms with E-state index in [1.54, 1.807) is 0 Å². The van der Waals surface area contributed by atoms with E-state index in [4.69, 9.17) is 0 Å². The molecular weight excluding hydrogens is 236 g/mol. The molecule has 1 N–H and O–H groups in total. The van der Waals surface area contributed by atoms with Crippen LogP contribution in [0.3, 0.4) is 0 Å². The highest BCUT2D eigenvalue weighted by Gasteiger charge is 2.01. The van der Waals surface area contributed by atoms with E-state index in [1.165, 1.54) is 0 Å². The summed E-state index contributed by atoms with van der Waals surface area (Å²) in [6.07, 6.45) is 0.555. The molecule has 0 atom stereocenters. The zero-order chi connectivity index (χ0) is 14.3. The number of nitrogens with one attached hydrogen (secondary N) is 1. The predicted molar refractivity (Wildman–Crippen MR) is 80.1 cm³/mol. The first kappa shape index (κ1) is 15.1. The van der Waals surface area contributed by atoms with Crippen LogP contribution < -0.4 is 10.2 Å². The van der Waals surface area contributed by atoms with Gasteiger partial charge < -0.3 is 10.2 Å². The van der Waals surface area contributed by atoms with E-state index in [1.807, 2.05) is 57.1 Å². The summed E-state index contributed by atoms with van der Waals surface area (Å²) in [7, 11) is 4.01. The minimum absolute atomic E-state index is 0.0623. The lowest BCUT2D eigenvalue weighted by Crippen LogP contribution is -2.24. The number of hydrogen-bond donors (Lipinski definition) is 1. The van der Waals surface area contributed by atoms with E-state index in [2.05, 4.69) is 17.2 Å². The molecule has 3 heteroatoms. The van der Waals surface area contributed by atoms with E-state index in [-0.39, 0.29) is 5.91 Å². The third-order valence-electron chi connectivity index (χ3n) is 2.58. The second kappa shape index (κ2) is 7.48. The lowest BCUT2D eigenvalue weighted by atomic mass is 10.1. The lowest BCUT2D eigenvalue weighted by Gasteiger charge is -2.11. The van der Waals surface area contributed by atoms with Gasteiger partial charge in [-0.05, 0) is 30.2 Å². The van der Waals surface area contributed by atoms with Gasteiger partial charge in [0.15, 0.2) is 0 Å². The monoisotopic (exact) mass is 258 g/mol. The first-order chi connectivity index (χ1) is 8.99. The van der Waals surface area contributed by atoms with Crippen LogP contribution in [0.1, 0.15) is 25.8 Å². The van der Waals surface area contributed by atoms with E-state index < -0.39 is 0 Å². The molecule has 1 aromatic rings. The third-order valence-corrected chi connectivity index (χ3v) is 2.58. The lowest BCUT2D eigenvalue weighted by molar-refractivity contribution is -0.121. The summed E-state index contributed by atoms with van der Waals surface area (Å²) in [4.78, 5) is 13.4. The maximum absolute atomic E-state index is 11.4. The molecule has 0 saturated heterocycles. The van der Waals surface area contributed by atoms with Crippen LogP contribution in [-0.4, -0.2) is 26.5 Å². The summed E-state index contributed by atoms with van der Waals surface area (Å²) in [5.74, 6) is 6.44. The van der Waals surface area contributed by atoms with Crippen molar-refractivity contribution in [2.24, 2.45) is 5.92 Å². The minimum atomic E-state index is 0.0623. The van der Waals surface area contributed by atoms with Gasteiger partial charge in [-0.1, -0.05) is 25.7 Å². The van der Waals surface area contributed by atoms with E-state index in [0.717, 1.165) is 11.3 Å². The number of nitrogens with zero attached hydrogens (tertiary/aromatic N) is 1. The van der Waals surface area contributed by atoms with Crippen molar-refractivity contribution in [3.05, 3.63) is 29.8 Å². The molecule has 0 aliphatic rings. The van der Waals surface area contributed by atoms with E-state index in [9.17, 15) is 4.79 Å². The molecule has 0 bridgehead atoms. The number of anilines is 1. The molecule has 0 radical (unpaired) electrons. The molecule has 19 heavy (non-hydrogen) atoms. The van der Waals surface area contributed by atoms with Crippen molar-refractivity contribution in [3.63, 3.8) is 0 Å². The van der Waals surface area contributed by atoms with Crippen LogP contribution in [0.4, 0.5) is 5.69 Å². The summed E-state index contributed by atoms with van der Waals surface area (Å²) in [5, 5.41) is 2.79. The second-order valence-electron chi connectivity index (χ2n) is 5.12. The van der Waals surface area contributed by atoms with Crippen molar-refractivity contribution in [1.29, 1.82) is 0 Å². The predicted octanol–water partition coefficient (Wildman–Crippen LogP) is 2.27. The van der Waals surface area contributed by atoms with Crippen molar-refractivity contribution in [3.8, 4) is 11.8 Å². The molecule has 0 spiro atoms. The molecule has 3 nitrogen and oxygen atoms in total. The zero-order valence-electron chi connectivity index (χ0n) is 12.2. The van der Waals surface area contributed by atoms with Crippen molar-refractivity contribution < 1.29 is 4.79 Å². The van der Waals surface area contributed by atoms with Gasteiger partial charge in [0.2, 0.25) is 5.91 Å². The van der Waals surface area contributed by atoms with Gasteiger partial charge in [0.25, 0.3) is 0 Å². The Balaban J connectivity index is 2.43. The highest BCUT2D eigenvalue weighted by molar-refractivity contribution is 5.76. The quantitative estimate of drug-likeness (QED) is 0.840. The van der Waals surface area contributed by atoms with Gasteiger partial charge in [0.05, 0.1) is 6.54 Å². The number of amides is 1. The van der Waals surface area contributed by atoms with Crippen molar-refractivity contribution in [2.75, 3.05) is 25.5 Å². The van der Waals surface area contributed by atoms with Crippen LogP contribution in [0.2, 0.25) is 0 Å². The fourth-order valence-corrected chi connectivity index (χ4v) is 1.57. The van der Waals surface area contributed by atoms with Gasteiger partial charge in [0.1, 0.15) is 0 Å².